The first-order valence-electron chi connectivity index (χ1n) is 9.99. The first-order valence-corrected chi connectivity index (χ1v) is 12.0. The zero-order chi connectivity index (χ0) is 21.5. The normalized spacial score (nSPS) is 16.2. The molecule has 1 aliphatic rings. The molecule has 2 aromatic carbocycles. The fourth-order valence-electron chi connectivity index (χ4n) is 3.85. The number of hydrogen-bond acceptors (Lipinski definition) is 3. The van der Waals surface area contributed by atoms with E-state index in [2.05, 4.69) is 23.7 Å². The van der Waals surface area contributed by atoms with Crippen LogP contribution in [0.1, 0.15) is 43.1 Å². The second-order valence-corrected chi connectivity index (χ2v) is 10.2. The molecular weight excluding hydrogens is 422 g/mol. The topological polar surface area (TPSA) is 71.4 Å². The average Bonchev–Trinajstić information content (AvgIpc) is 3.14. The number of carbonyl (C=O) groups excluding carboxylic acids is 1. The van der Waals surface area contributed by atoms with Crippen molar-refractivity contribution < 1.29 is 13.2 Å². The molecule has 6 nitrogen and oxygen atoms in total. The third kappa shape index (κ3) is 3.79. The lowest BCUT2D eigenvalue weighted by molar-refractivity contribution is 0.102. The number of hydrogen-bond donors (Lipinski definition) is 1. The van der Waals surface area contributed by atoms with Crippen LogP contribution in [0, 0.1) is 0 Å². The largest absolute Gasteiger partial charge is 0.345 e. The van der Waals surface area contributed by atoms with Gasteiger partial charge in [0.05, 0.1) is 27.7 Å². The molecule has 158 valence electrons. The Morgan fingerprint density at radius 2 is 1.93 bits per heavy atom. The number of nitrogens with zero attached hydrogens (tertiary/aromatic N) is 2. The van der Waals surface area contributed by atoms with Crippen molar-refractivity contribution in [1.29, 1.82) is 0 Å². The Hall–Kier alpha value is -2.51. The van der Waals surface area contributed by atoms with E-state index in [1.54, 1.807) is 18.2 Å². The Kier molecular flexibility index (Phi) is 5.51. The minimum atomic E-state index is -3.42. The Labute approximate surface area is 181 Å². The monoisotopic (exact) mass is 445 g/mol. The quantitative estimate of drug-likeness (QED) is 0.610. The van der Waals surface area contributed by atoms with Crippen LogP contribution in [0.3, 0.4) is 0 Å². The molecule has 8 heteroatoms. The summed E-state index contributed by atoms with van der Waals surface area (Å²) < 4.78 is 28.4. The summed E-state index contributed by atoms with van der Waals surface area (Å²) >= 11 is 6.29. The second-order valence-electron chi connectivity index (χ2n) is 7.77. The van der Waals surface area contributed by atoms with Crippen molar-refractivity contribution in [2.75, 3.05) is 21.9 Å². The van der Waals surface area contributed by atoms with Crippen LogP contribution in [0.25, 0.3) is 10.9 Å². The van der Waals surface area contributed by atoms with Gasteiger partial charge in [-0.15, -0.1) is 0 Å². The van der Waals surface area contributed by atoms with Crippen LogP contribution in [-0.2, 0) is 10.0 Å². The third-order valence-corrected chi connectivity index (χ3v) is 7.57. The van der Waals surface area contributed by atoms with Crippen LogP contribution in [0.2, 0.25) is 5.02 Å². The van der Waals surface area contributed by atoms with E-state index in [9.17, 15) is 13.2 Å². The van der Waals surface area contributed by atoms with Gasteiger partial charge in [-0.05, 0) is 63.1 Å². The highest BCUT2D eigenvalue weighted by Crippen LogP contribution is 2.32. The lowest BCUT2D eigenvalue weighted by Crippen LogP contribution is -2.38. The van der Waals surface area contributed by atoms with Crippen molar-refractivity contribution in [1.82, 2.24) is 4.57 Å². The Balaban J connectivity index is 1.66. The zero-order valence-electron chi connectivity index (χ0n) is 16.9. The van der Waals surface area contributed by atoms with Gasteiger partial charge in [-0.25, -0.2) is 8.42 Å². The number of fused-ring (bicyclic) bond motifs is 1. The molecule has 0 unspecified atom stereocenters. The number of benzene rings is 2. The highest BCUT2D eigenvalue weighted by molar-refractivity contribution is 7.92. The number of aromatic nitrogens is 1. The van der Waals surface area contributed by atoms with Gasteiger partial charge in [0.15, 0.2) is 0 Å². The predicted molar refractivity (Wildman–Crippen MR) is 122 cm³/mol. The predicted octanol–water partition coefficient (Wildman–Crippen LogP) is 5.06. The molecule has 2 heterocycles. The minimum absolute atomic E-state index is 0.0919. The van der Waals surface area contributed by atoms with E-state index in [1.807, 2.05) is 30.5 Å². The van der Waals surface area contributed by atoms with Gasteiger partial charge in [0.1, 0.15) is 0 Å². The third-order valence-electron chi connectivity index (χ3n) is 5.39. The first-order chi connectivity index (χ1) is 14.3. The van der Waals surface area contributed by atoms with Crippen molar-refractivity contribution in [3.63, 3.8) is 0 Å². The molecule has 1 amide bonds. The maximum Gasteiger partial charge on any atom is 0.255 e. The van der Waals surface area contributed by atoms with Gasteiger partial charge in [-0.2, -0.15) is 0 Å². The van der Waals surface area contributed by atoms with Gasteiger partial charge in [0, 0.05) is 29.7 Å². The van der Waals surface area contributed by atoms with Crippen molar-refractivity contribution in [3.8, 4) is 0 Å². The summed E-state index contributed by atoms with van der Waals surface area (Å²) in [5.74, 6) is -0.221. The SMILES string of the molecule is CC(C)n1ccc2c(NC(=O)c3ccc(Cl)c(N4CCCCS4(=O)=O)c3)cccc21. The lowest BCUT2D eigenvalue weighted by atomic mass is 10.1. The molecule has 3 aromatic rings. The lowest BCUT2D eigenvalue weighted by Gasteiger charge is -2.29. The summed E-state index contributed by atoms with van der Waals surface area (Å²) in [6.07, 6.45) is 3.41. The van der Waals surface area contributed by atoms with Crippen LogP contribution in [0.5, 0.6) is 0 Å². The van der Waals surface area contributed by atoms with E-state index in [1.165, 1.54) is 4.31 Å². The molecule has 4 rings (SSSR count). The average molecular weight is 446 g/mol. The molecule has 1 saturated heterocycles. The number of carbonyl (C=O) groups is 1. The summed E-state index contributed by atoms with van der Waals surface area (Å²) in [6.45, 7) is 4.58. The molecule has 30 heavy (non-hydrogen) atoms. The molecule has 1 aliphatic heterocycles. The van der Waals surface area contributed by atoms with Crippen molar-refractivity contribution >= 4 is 49.8 Å². The highest BCUT2D eigenvalue weighted by Gasteiger charge is 2.28. The fourth-order valence-corrected chi connectivity index (χ4v) is 5.76. The fraction of sp³-hybridized carbons (Fsp3) is 0.318. The van der Waals surface area contributed by atoms with E-state index in [0.717, 1.165) is 17.3 Å². The molecule has 1 N–H and O–H groups in total. The smallest absolute Gasteiger partial charge is 0.255 e. The summed E-state index contributed by atoms with van der Waals surface area (Å²) in [7, 11) is -3.42. The summed E-state index contributed by atoms with van der Waals surface area (Å²) in [6, 6.07) is 12.8. The first kappa shape index (κ1) is 20.8. The second kappa shape index (κ2) is 7.96. The van der Waals surface area contributed by atoms with Crippen molar-refractivity contribution in [2.24, 2.45) is 0 Å². The van der Waals surface area contributed by atoms with Crippen LogP contribution in [0.4, 0.5) is 11.4 Å². The number of rotatable bonds is 4. The Morgan fingerprint density at radius 1 is 1.13 bits per heavy atom. The molecule has 1 fully saturated rings. The summed E-state index contributed by atoms with van der Waals surface area (Å²) in [4.78, 5) is 13.0. The Bertz CT molecular complexity index is 1220. The molecule has 0 atom stereocenters. The van der Waals surface area contributed by atoms with Gasteiger partial charge in [0.25, 0.3) is 5.91 Å². The van der Waals surface area contributed by atoms with Crippen LogP contribution < -0.4 is 9.62 Å². The standard InChI is InChI=1S/C22H24ClN3O3S/c1-15(2)25-12-10-17-19(6-5-7-20(17)25)24-22(27)16-8-9-18(23)21(14-16)26-11-3-4-13-30(26,28)29/h5-10,12,14-15H,3-4,11,13H2,1-2H3,(H,24,27). The number of nitrogens with one attached hydrogen (secondary N) is 1. The van der Waals surface area contributed by atoms with Crippen LogP contribution in [0.15, 0.2) is 48.7 Å². The van der Waals surface area contributed by atoms with E-state index in [-0.39, 0.29) is 11.7 Å². The van der Waals surface area contributed by atoms with Crippen molar-refractivity contribution in [2.45, 2.75) is 32.7 Å². The Morgan fingerprint density at radius 3 is 2.67 bits per heavy atom. The molecule has 1 aromatic heterocycles. The highest BCUT2D eigenvalue weighted by atomic mass is 35.5. The van der Waals surface area contributed by atoms with E-state index in [0.29, 0.717) is 41.0 Å². The molecular formula is C22H24ClN3O3S. The van der Waals surface area contributed by atoms with Gasteiger partial charge >= 0.3 is 0 Å². The van der Waals surface area contributed by atoms with E-state index in [4.69, 9.17) is 11.6 Å². The van der Waals surface area contributed by atoms with Crippen LogP contribution in [-0.4, -0.2) is 31.2 Å². The number of sulfonamides is 1. The van der Waals surface area contributed by atoms with Gasteiger partial charge < -0.3 is 9.88 Å². The maximum atomic E-state index is 13.0. The minimum Gasteiger partial charge on any atom is -0.345 e. The van der Waals surface area contributed by atoms with Crippen molar-refractivity contribution in [3.05, 3.63) is 59.2 Å². The van der Waals surface area contributed by atoms with Crippen LogP contribution >= 0.6 is 11.6 Å². The maximum absolute atomic E-state index is 13.0. The van der Waals surface area contributed by atoms with Gasteiger partial charge in [-0.3, -0.25) is 9.10 Å². The number of halogens is 1. The molecule has 0 spiro atoms. The van der Waals surface area contributed by atoms with E-state index >= 15 is 0 Å². The zero-order valence-corrected chi connectivity index (χ0v) is 18.5. The molecule has 0 bridgehead atoms. The molecule has 0 aliphatic carbocycles. The summed E-state index contributed by atoms with van der Waals surface area (Å²) in [5, 5.41) is 4.22. The number of amides is 1. The summed E-state index contributed by atoms with van der Waals surface area (Å²) in [5.41, 5.74) is 2.46. The number of anilines is 2. The molecule has 0 saturated carbocycles. The molecule has 0 radical (unpaired) electrons. The van der Waals surface area contributed by atoms with E-state index < -0.39 is 10.0 Å². The van der Waals surface area contributed by atoms with Gasteiger partial charge in [0.2, 0.25) is 10.0 Å². The van der Waals surface area contributed by atoms with Gasteiger partial charge in [-0.1, -0.05) is 17.7 Å².